The van der Waals surface area contributed by atoms with E-state index in [4.69, 9.17) is 21.1 Å². The van der Waals surface area contributed by atoms with Crippen LogP contribution >= 0.6 is 11.6 Å². The Labute approximate surface area is 251 Å². The van der Waals surface area contributed by atoms with Crippen LogP contribution in [-0.4, -0.2) is 60.5 Å². The molecule has 0 saturated heterocycles. The quantitative estimate of drug-likeness (QED) is 0.0539. The summed E-state index contributed by atoms with van der Waals surface area (Å²) in [5.74, 6) is 1.13. The van der Waals surface area contributed by atoms with Crippen LogP contribution in [0.1, 0.15) is 54.5 Å². The molecule has 0 aliphatic heterocycles. The van der Waals surface area contributed by atoms with Crippen molar-refractivity contribution < 1.29 is 29.0 Å². The van der Waals surface area contributed by atoms with Crippen molar-refractivity contribution >= 4 is 24.0 Å². The Balaban J connectivity index is 1.38. The van der Waals surface area contributed by atoms with Crippen molar-refractivity contribution in [3.63, 3.8) is 0 Å². The minimum absolute atomic E-state index is 0.0243. The van der Waals surface area contributed by atoms with Gasteiger partial charge in [0.25, 0.3) is 5.09 Å². The summed E-state index contributed by atoms with van der Waals surface area (Å²) in [6.07, 6.45) is 3.23. The van der Waals surface area contributed by atoms with Gasteiger partial charge in [0, 0.05) is 18.5 Å². The lowest BCUT2D eigenvalue weighted by molar-refractivity contribution is -0.757. The first kappa shape index (κ1) is 31.1. The van der Waals surface area contributed by atoms with Crippen LogP contribution in [-0.2, 0) is 34.0 Å². The number of halogens is 1. The summed E-state index contributed by atoms with van der Waals surface area (Å²) in [6.45, 7) is 2.19. The van der Waals surface area contributed by atoms with Crippen molar-refractivity contribution in [1.29, 1.82) is 0 Å². The lowest BCUT2D eigenvalue weighted by Crippen LogP contribution is -2.14. The molecule has 15 heteroatoms. The molecule has 0 amide bonds. The predicted molar refractivity (Wildman–Crippen MR) is 154 cm³/mol. The Morgan fingerprint density at radius 1 is 1.05 bits per heavy atom. The Bertz CT molecular complexity index is 1540. The molecule has 0 spiro atoms. The van der Waals surface area contributed by atoms with Gasteiger partial charge in [0.1, 0.15) is 11.5 Å². The van der Waals surface area contributed by atoms with Crippen LogP contribution in [0.3, 0.4) is 0 Å². The van der Waals surface area contributed by atoms with Gasteiger partial charge in [-0.25, -0.2) is 9.78 Å². The van der Waals surface area contributed by atoms with Gasteiger partial charge in [-0.15, -0.1) is 25.1 Å². The fourth-order valence-corrected chi connectivity index (χ4v) is 4.50. The lowest BCUT2D eigenvalue weighted by Gasteiger charge is -2.11. The third-order valence-electron chi connectivity index (χ3n) is 6.39. The van der Waals surface area contributed by atoms with Gasteiger partial charge < -0.3 is 18.9 Å². The second-order valence-corrected chi connectivity index (χ2v) is 9.73. The number of carbonyl (C=O) groups excluding carboxylic acids is 2. The van der Waals surface area contributed by atoms with Crippen LogP contribution < -0.4 is 0 Å². The highest BCUT2D eigenvalue weighted by Crippen LogP contribution is 2.30. The maximum absolute atomic E-state index is 11.8. The number of hydrogen-bond donors (Lipinski definition) is 0. The van der Waals surface area contributed by atoms with Crippen molar-refractivity contribution in [3.8, 4) is 22.5 Å². The molecule has 0 radical (unpaired) electrons. The molecule has 14 nitrogen and oxygen atoms in total. The van der Waals surface area contributed by atoms with E-state index in [0.717, 1.165) is 58.4 Å². The highest BCUT2D eigenvalue weighted by Gasteiger charge is 2.17. The molecular formula is C28H30ClN7O7. The minimum Gasteiger partial charge on any atom is -0.434 e. The van der Waals surface area contributed by atoms with Gasteiger partial charge in [-0.05, 0) is 41.2 Å². The molecule has 0 N–H and O–H groups in total. The van der Waals surface area contributed by atoms with Crippen molar-refractivity contribution in [3.05, 3.63) is 80.9 Å². The standard InChI is InChI=1S/C28H30ClN7O7/c1-2-3-10-25-30-26(29)24(18-37)34(25)17-20-11-13-21(14-12-20)22-8-4-5-9-23(22)27-31-33-35(32-27)19-42-28(38)41-15-6-7-16-43-36(39)40/h4-5,8-9,11-14,18H,2-3,6-7,10,15-17,19H2,1H3. The summed E-state index contributed by atoms with van der Waals surface area (Å²) < 4.78 is 11.8. The van der Waals surface area contributed by atoms with Crippen LogP contribution in [0.15, 0.2) is 48.5 Å². The number of aryl methyl sites for hydroxylation is 1. The van der Waals surface area contributed by atoms with E-state index >= 15 is 0 Å². The lowest BCUT2D eigenvalue weighted by atomic mass is 9.98. The van der Waals surface area contributed by atoms with Crippen molar-refractivity contribution in [2.45, 2.75) is 52.3 Å². The summed E-state index contributed by atoms with van der Waals surface area (Å²) in [4.78, 5) is 43.3. The van der Waals surface area contributed by atoms with E-state index in [9.17, 15) is 19.7 Å². The first-order chi connectivity index (χ1) is 20.9. The first-order valence-corrected chi connectivity index (χ1v) is 14.0. The molecule has 2 aromatic heterocycles. The molecule has 0 bridgehead atoms. The van der Waals surface area contributed by atoms with Crippen LogP contribution in [0.2, 0.25) is 5.15 Å². The Hall–Kier alpha value is -4.85. The fourth-order valence-electron chi connectivity index (χ4n) is 4.25. The van der Waals surface area contributed by atoms with E-state index in [0.29, 0.717) is 30.9 Å². The molecule has 4 rings (SSSR count). The average molecular weight is 612 g/mol. The van der Waals surface area contributed by atoms with Crippen LogP contribution in [0.4, 0.5) is 4.79 Å². The first-order valence-electron chi connectivity index (χ1n) is 13.6. The van der Waals surface area contributed by atoms with Gasteiger partial charge >= 0.3 is 6.16 Å². The molecule has 4 aromatic rings. The molecule has 0 fully saturated rings. The monoisotopic (exact) mass is 611 g/mol. The molecule has 0 aliphatic rings. The number of carbonyl (C=O) groups is 2. The molecule has 226 valence electrons. The zero-order chi connectivity index (χ0) is 30.6. The SMILES string of the molecule is CCCCc1nc(Cl)c(C=O)n1Cc1ccc(-c2ccccc2-c2nnn(COC(=O)OCCCCO[N+](=O)[O-])n2)cc1. The van der Waals surface area contributed by atoms with E-state index in [2.05, 4.69) is 32.2 Å². The minimum atomic E-state index is -0.926. The van der Waals surface area contributed by atoms with Gasteiger partial charge in [-0.2, -0.15) is 0 Å². The molecule has 0 atom stereocenters. The van der Waals surface area contributed by atoms with E-state index in [1.54, 1.807) is 0 Å². The topological polar surface area (TPSA) is 166 Å². The maximum atomic E-state index is 11.8. The number of nitrogens with zero attached hydrogens (tertiary/aromatic N) is 7. The zero-order valence-electron chi connectivity index (χ0n) is 23.4. The smallest absolute Gasteiger partial charge is 0.434 e. The summed E-state index contributed by atoms with van der Waals surface area (Å²) in [5, 5.41) is 21.9. The van der Waals surface area contributed by atoms with Gasteiger partial charge in [-0.1, -0.05) is 73.5 Å². The van der Waals surface area contributed by atoms with Gasteiger partial charge in [0.15, 0.2) is 11.4 Å². The number of aldehydes is 1. The summed E-state index contributed by atoms with van der Waals surface area (Å²) >= 11 is 6.22. The van der Waals surface area contributed by atoms with Gasteiger partial charge in [-0.3, -0.25) is 4.79 Å². The normalized spacial score (nSPS) is 10.8. The highest BCUT2D eigenvalue weighted by atomic mass is 35.5. The molecule has 2 aromatic carbocycles. The van der Waals surface area contributed by atoms with E-state index in [1.165, 1.54) is 0 Å². The molecule has 43 heavy (non-hydrogen) atoms. The predicted octanol–water partition coefficient (Wildman–Crippen LogP) is 5.16. The van der Waals surface area contributed by atoms with Crippen molar-refractivity contribution in [2.24, 2.45) is 0 Å². The molecule has 0 saturated carbocycles. The number of rotatable bonds is 16. The van der Waals surface area contributed by atoms with Crippen molar-refractivity contribution in [2.75, 3.05) is 13.2 Å². The second-order valence-electron chi connectivity index (χ2n) is 9.38. The maximum Gasteiger partial charge on any atom is 0.510 e. The van der Waals surface area contributed by atoms with Gasteiger partial charge in [0.05, 0.1) is 13.2 Å². The third kappa shape index (κ3) is 8.58. The summed E-state index contributed by atoms with van der Waals surface area (Å²) in [7, 11) is 0. The number of tetrazole rings is 1. The Morgan fingerprint density at radius 2 is 1.79 bits per heavy atom. The third-order valence-corrected chi connectivity index (χ3v) is 6.66. The number of aromatic nitrogens is 6. The highest BCUT2D eigenvalue weighted by molar-refractivity contribution is 6.31. The zero-order valence-corrected chi connectivity index (χ0v) is 24.2. The van der Waals surface area contributed by atoms with Crippen LogP contribution in [0.25, 0.3) is 22.5 Å². The van der Waals surface area contributed by atoms with Crippen molar-refractivity contribution in [1.82, 2.24) is 29.8 Å². The molecule has 2 heterocycles. The number of benzene rings is 2. The summed E-state index contributed by atoms with van der Waals surface area (Å²) in [6, 6.07) is 15.5. The number of hydrogen-bond acceptors (Lipinski definition) is 11. The van der Waals surface area contributed by atoms with E-state index in [-0.39, 0.29) is 25.1 Å². The molecular weight excluding hydrogens is 582 g/mol. The molecule has 0 aliphatic carbocycles. The Morgan fingerprint density at radius 3 is 2.51 bits per heavy atom. The largest absolute Gasteiger partial charge is 0.510 e. The van der Waals surface area contributed by atoms with E-state index < -0.39 is 11.2 Å². The number of unbranched alkanes of at least 4 members (excludes halogenated alkanes) is 2. The van der Waals surface area contributed by atoms with E-state index in [1.807, 2.05) is 53.1 Å². The summed E-state index contributed by atoms with van der Waals surface area (Å²) in [5.41, 5.74) is 3.87. The van der Waals surface area contributed by atoms with Crippen LogP contribution in [0, 0.1) is 10.1 Å². The average Bonchev–Trinajstić information content (AvgIpc) is 3.60. The Kier molecular flexibility index (Phi) is 11.1. The fraction of sp³-hybridized carbons (Fsp3) is 0.357. The number of imidazole rings is 1. The van der Waals surface area contributed by atoms with Gasteiger partial charge in [0.2, 0.25) is 12.6 Å². The number of ether oxygens (including phenoxy) is 2. The second kappa shape index (κ2) is 15.4. The molecule has 0 unspecified atom stereocenters. The van der Waals surface area contributed by atoms with Crippen LogP contribution in [0.5, 0.6) is 0 Å².